The van der Waals surface area contributed by atoms with Gasteiger partial charge in [-0.2, -0.15) is 0 Å². The first-order chi connectivity index (χ1) is 9.68. The smallest absolute Gasteiger partial charge is 0.123 e. The zero-order valence-corrected chi connectivity index (χ0v) is 12.5. The molecule has 0 aromatic heterocycles. The van der Waals surface area contributed by atoms with E-state index in [2.05, 4.69) is 23.1 Å². The van der Waals surface area contributed by atoms with Crippen LogP contribution in [0.25, 0.3) is 0 Å². The maximum absolute atomic E-state index is 6.24. The Balaban J connectivity index is 1.73. The molecule has 3 heteroatoms. The van der Waals surface area contributed by atoms with Crippen LogP contribution in [0.1, 0.15) is 43.2 Å². The van der Waals surface area contributed by atoms with Gasteiger partial charge in [-0.3, -0.25) is 4.90 Å². The third kappa shape index (κ3) is 3.33. The van der Waals surface area contributed by atoms with Crippen LogP contribution in [0.4, 0.5) is 0 Å². The Bertz CT molecular complexity index is 462. The molecule has 20 heavy (non-hydrogen) atoms. The minimum absolute atomic E-state index is 0.0803. The fraction of sp³-hybridized carbons (Fsp3) is 0.647. The van der Waals surface area contributed by atoms with Crippen LogP contribution in [0.15, 0.2) is 18.2 Å². The average Bonchev–Trinajstić information content (AvgIpc) is 3.18. The summed E-state index contributed by atoms with van der Waals surface area (Å²) in [5.41, 5.74) is 9.00. The zero-order chi connectivity index (χ0) is 14.0. The summed E-state index contributed by atoms with van der Waals surface area (Å²) in [5.74, 6) is 1.01. The van der Waals surface area contributed by atoms with Crippen LogP contribution in [0, 0.1) is 0 Å². The van der Waals surface area contributed by atoms with Gasteiger partial charge in [0.2, 0.25) is 0 Å². The molecule has 2 fully saturated rings. The van der Waals surface area contributed by atoms with Crippen molar-refractivity contribution in [2.45, 2.75) is 50.6 Å². The van der Waals surface area contributed by atoms with Gasteiger partial charge in [0.15, 0.2) is 0 Å². The van der Waals surface area contributed by atoms with Crippen LogP contribution < -0.4 is 10.5 Å². The lowest BCUT2D eigenvalue weighted by Crippen LogP contribution is -2.29. The van der Waals surface area contributed by atoms with Crippen LogP contribution >= 0.6 is 0 Å². The molecule has 0 spiro atoms. The molecule has 0 bridgehead atoms. The third-order valence-electron chi connectivity index (χ3n) is 4.64. The van der Waals surface area contributed by atoms with E-state index in [0.29, 0.717) is 0 Å². The molecule has 1 saturated heterocycles. The molecule has 0 amide bonds. The highest BCUT2D eigenvalue weighted by molar-refractivity contribution is 5.38. The Morgan fingerprint density at radius 3 is 2.60 bits per heavy atom. The molecule has 1 aliphatic carbocycles. The number of likely N-dealkylation sites (tertiary alicyclic amines) is 1. The summed E-state index contributed by atoms with van der Waals surface area (Å²) in [5, 5.41) is 0. The van der Waals surface area contributed by atoms with E-state index in [-0.39, 0.29) is 5.54 Å². The third-order valence-corrected chi connectivity index (χ3v) is 4.64. The van der Waals surface area contributed by atoms with Gasteiger partial charge in [-0.05, 0) is 56.8 Å². The molecular weight excluding hydrogens is 248 g/mol. The second-order valence-corrected chi connectivity index (χ2v) is 6.52. The van der Waals surface area contributed by atoms with Crippen molar-refractivity contribution in [1.29, 1.82) is 0 Å². The maximum Gasteiger partial charge on any atom is 0.123 e. The Morgan fingerprint density at radius 2 is 1.95 bits per heavy atom. The van der Waals surface area contributed by atoms with Gasteiger partial charge in [-0.25, -0.2) is 0 Å². The van der Waals surface area contributed by atoms with Gasteiger partial charge in [0, 0.05) is 17.6 Å². The molecule has 0 radical (unpaired) electrons. The highest BCUT2D eigenvalue weighted by Crippen LogP contribution is 2.36. The van der Waals surface area contributed by atoms with Crippen molar-refractivity contribution in [3.8, 4) is 5.75 Å². The molecular formula is C17H26N2O. The number of hydrogen-bond acceptors (Lipinski definition) is 3. The summed E-state index contributed by atoms with van der Waals surface area (Å²) in [4.78, 5) is 2.54. The predicted octanol–water partition coefficient (Wildman–Crippen LogP) is 2.71. The van der Waals surface area contributed by atoms with Crippen LogP contribution in [0.3, 0.4) is 0 Å². The van der Waals surface area contributed by atoms with E-state index >= 15 is 0 Å². The zero-order valence-electron chi connectivity index (χ0n) is 12.5. The van der Waals surface area contributed by atoms with Crippen molar-refractivity contribution >= 4 is 0 Å². The van der Waals surface area contributed by atoms with Crippen molar-refractivity contribution in [3.05, 3.63) is 29.3 Å². The van der Waals surface area contributed by atoms with Gasteiger partial charge in [0.05, 0.1) is 7.11 Å². The lowest BCUT2D eigenvalue weighted by atomic mass is 10.0. The Morgan fingerprint density at radius 1 is 1.20 bits per heavy atom. The van der Waals surface area contributed by atoms with Crippen LogP contribution in [0.5, 0.6) is 5.75 Å². The first kappa shape index (κ1) is 13.9. The van der Waals surface area contributed by atoms with E-state index < -0.39 is 0 Å². The van der Waals surface area contributed by atoms with Crippen molar-refractivity contribution in [2.24, 2.45) is 5.73 Å². The van der Waals surface area contributed by atoms with Crippen LogP contribution in [-0.2, 0) is 13.0 Å². The topological polar surface area (TPSA) is 38.5 Å². The van der Waals surface area contributed by atoms with E-state index in [4.69, 9.17) is 10.5 Å². The molecule has 1 aliphatic heterocycles. The largest absolute Gasteiger partial charge is 0.496 e. The lowest BCUT2D eigenvalue weighted by molar-refractivity contribution is 0.218. The van der Waals surface area contributed by atoms with Gasteiger partial charge in [0.25, 0.3) is 0 Å². The molecule has 1 saturated carbocycles. The molecule has 3 rings (SSSR count). The summed E-state index contributed by atoms with van der Waals surface area (Å²) < 4.78 is 5.53. The SMILES string of the molecule is COc1ccc(CC2(N)CC2)cc1CN1CCCCC1. The monoisotopic (exact) mass is 274 g/mol. The van der Waals surface area contributed by atoms with Gasteiger partial charge in [-0.15, -0.1) is 0 Å². The number of rotatable bonds is 5. The van der Waals surface area contributed by atoms with Crippen LogP contribution in [-0.4, -0.2) is 30.6 Å². The highest BCUT2D eigenvalue weighted by atomic mass is 16.5. The van der Waals surface area contributed by atoms with Gasteiger partial charge < -0.3 is 10.5 Å². The summed E-state index contributed by atoms with van der Waals surface area (Å²) in [6.07, 6.45) is 7.37. The molecule has 3 nitrogen and oxygen atoms in total. The Hall–Kier alpha value is -1.06. The number of benzene rings is 1. The molecule has 110 valence electrons. The summed E-state index contributed by atoms with van der Waals surface area (Å²) in [6.45, 7) is 3.44. The van der Waals surface area contributed by atoms with Gasteiger partial charge >= 0.3 is 0 Å². The van der Waals surface area contributed by atoms with Crippen molar-refractivity contribution in [1.82, 2.24) is 4.90 Å². The fourth-order valence-electron chi connectivity index (χ4n) is 3.17. The number of nitrogens with two attached hydrogens (primary N) is 1. The van der Waals surface area contributed by atoms with E-state index in [1.165, 1.54) is 56.3 Å². The molecule has 2 N–H and O–H groups in total. The summed E-state index contributed by atoms with van der Waals surface area (Å²) >= 11 is 0. The van der Waals surface area contributed by atoms with Crippen molar-refractivity contribution < 1.29 is 4.74 Å². The van der Waals surface area contributed by atoms with Gasteiger partial charge in [0.1, 0.15) is 5.75 Å². The fourth-order valence-corrected chi connectivity index (χ4v) is 3.17. The summed E-state index contributed by atoms with van der Waals surface area (Å²) in [7, 11) is 1.76. The first-order valence-corrected chi connectivity index (χ1v) is 7.86. The van der Waals surface area contributed by atoms with E-state index in [0.717, 1.165) is 18.7 Å². The van der Waals surface area contributed by atoms with Gasteiger partial charge in [-0.1, -0.05) is 18.6 Å². The lowest BCUT2D eigenvalue weighted by Gasteiger charge is -2.27. The molecule has 0 unspecified atom stereocenters. The van der Waals surface area contributed by atoms with Crippen molar-refractivity contribution in [2.75, 3.05) is 20.2 Å². The number of hydrogen-bond donors (Lipinski definition) is 1. The van der Waals surface area contributed by atoms with Crippen LogP contribution in [0.2, 0.25) is 0 Å². The minimum atomic E-state index is 0.0803. The molecule has 1 aromatic carbocycles. The normalized spacial score (nSPS) is 21.7. The molecule has 1 heterocycles. The van der Waals surface area contributed by atoms with E-state index in [9.17, 15) is 0 Å². The second-order valence-electron chi connectivity index (χ2n) is 6.52. The Kier molecular flexibility index (Phi) is 3.99. The Labute approximate surface area is 122 Å². The number of ether oxygens (including phenoxy) is 1. The predicted molar refractivity (Wildman–Crippen MR) is 82.0 cm³/mol. The number of methoxy groups -OCH3 is 1. The number of piperidine rings is 1. The van der Waals surface area contributed by atoms with E-state index in [1.54, 1.807) is 7.11 Å². The first-order valence-electron chi connectivity index (χ1n) is 7.86. The summed E-state index contributed by atoms with van der Waals surface area (Å²) in [6, 6.07) is 6.59. The van der Waals surface area contributed by atoms with Crippen molar-refractivity contribution in [3.63, 3.8) is 0 Å². The quantitative estimate of drug-likeness (QED) is 0.897. The minimum Gasteiger partial charge on any atom is -0.496 e. The number of nitrogens with zero attached hydrogens (tertiary/aromatic N) is 1. The molecule has 2 aliphatic rings. The highest BCUT2D eigenvalue weighted by Gasteiger charge is 2.38. The molecule has 0 atom stereocenters. The standard InChI is InChI=1S/C17H26N2O/c1-20-16-6-5-14(12-17(18)7-8-17)11-15(16)13-19-9-3-2-4-10-19/h5-6,11H,2-4,7-10,12-13,18H2,1H3. The maximum atomic E-state index is 6.24. The molecule has 1 aromatic rings. The van der Waals surface area contributed by atoms with E-state index in [1.807, 2.05) is 0 Å². The average molecular weight is 274 g/mol. The second kappa shape index (κ2) is 5.74.